The van der Waals surface area contributed by atoms with Crippen molar-refractivity contribution in [2.75, 3.05) is 26.7 Å². The molecule has 106 valence electrons. The number of aliphatic hydroxyl groups excluding tert-OH is 1. The molecule has 4 N–H and O–H groups in total. The van der Waals surface area contributed by atoms with Crippen LogP contribution in [0.5, 0.6) is 0 Å². The van der Waals surface area contributed by atoms with Crippen molar-refractivity contribution < 1.29 is 9.90 Å². The first-order valence-corrected chi connectivity index (χ1v) is 6.49. The number of hydrogen-bond acceptors (Lipinski definition) is 4. The Morgan fingerprint density at radius 1 is 1.42 bits per heavy atom. The van der Waals surface area contributed by atoms with Crippen molar-refractivity contribution in [3.63, 3.8) is 0 Å². The predicted octanol–water partition coefficient (Wildman–Crippen LogP) is 0.247. The maximum Gasteiger partial charge on any atom is 0.234 e. The van der Waals surface area contributed by atoms with Gasteiger partial charge in [0.15, 0.2) is 0 Å². The van der Waals surface area contributed by atoms with Gasteiger partial charge >= 0.3 is 0 Å². The highest BCUT2D eigenvalue weighted by Crippen LogP contribution is 2.14. The summed E-state index contributed by atoms with van der Waals surface area (Å²) in [5, 5.41) is 12.8. The van der Waals surface area contributed by atoms with Gasteiger partial charge in [0.1, 0.15) is 0 Å². The first-order valence-electron chi connectivity index (χ1n) is 6.49. The summed E-state index contributed by atoms with van der Waals surface area (Å²) in [7, 11) is 1.81. The third kappa shape index (κ3) is 5.38. The van der Waals surface area contributed by atoms with Crippen LogP contribution in [-0.4, -0.2) is 42.6 Å². The quantitative estimate of drug-likeness (QED) is 0.660. The first-order chi connectivity index (χ1) is 9.06. The molecule has 5 heteroatoms. The van der Waals surface area contributed by atoms with E-state index in [0.29, 0.717) is 19.6 Å². The Hall–Kier alpha value is -1.43. The molecule has 0 spiro atoms. The van der Waals surface area contributed by atoms with Gasteiger partial charge in [-0.1, -0.05) is 24.3 Å². The fraction of sp³-hybridized carbons (Fsp3) is 0.500. The van der Waals surface area contributed by atoms with Crippen molar-refractivity contribution in [1.82, 2.24) is 10.2 Å². The lowest BCUT2D eigenvalue weighted by atomic mass is 10.1. The van der Waals surface area contributed by atoms with Gasteiger partial charge in [-0.15, -0.1) is 0 Å². The van der Waals surface area contributed by atoms with Crippen LogP contribution in [0.2, 0.25) is 0 Å². The Balaban J connectivity index is 2.48. The van der Waals surface area contributed by atoms with Crippen LogP contribution in [0, 0.1) is 0 Å². The number of likely N-dealkylation sites (N-methyl/N-ethyl adjacent to an activating group) is 2. The van der Waals surface area contributed by atoms with E-state index in [9.17, 15) is 9.90 Å². The molecule has 0 aromatic heterocycles. The molecule has 0 bridgehead atoms. The second-order valence-electron chi connectivity index (χ2n) is 4.61. The van der Waals surface area contributed by atoms with Crippen LogP contribution >= 0.6 is 0 Å². The number of amides is 1. The Morgan fingerprint density at radius 2 is 2.05 bits per heavy atom. The van der Waals surface area contributed by atoms with E-state index < -0.39 is 6.10 Å². The molecule has 0 heterocycles. The van der Waals surface area contributed by atoms with E-state index in [1.165, 1.54) is 0 Å². The minimum absolute atomic E-state index is 0.0318. The molecule has 0 fully saturated rings. The van der Waals surface area contributed by atoms with Crippen LogP contribution in [0.15, 0.2) is 24.3 Å². The molecular formula is C14H23N3O2. The van der Waals surface area contributed by atoms with Crippen molar-refractivity contribution in [2.24, 2.45) is 5.73 Å². The van der Waals surface area contributed by atoms with Gasteiger partial charge in [-0.3, -0.25) is 9.69 Å². The van der Waals surface area contributed by atoms with E-state index in [4.69, 9.17) is 5.73 Å². The number of carbonyl (C=O) groups excluding carboxylic acids is 1. The second kappa shape index (κ2) is 7.89. The molecule has 19 heavy (non-hydrogen) atoms. The van der Waals surface area contributed by atoms with Crippen LogP contribution in [0.25, 0.3) is 0 Å². The van der Waals surface area contributed by atoms with Crippen LogP contribution in [0.1, 0.15) is 24.2 Å². The summed E-state index contributed by atoms with van der Waals surface area (Å²) in [4.78, 5) is 13.2. The highest BCUT2D eigenvalue weighted by Gasteiger charge is 2.12. The molecule has 0 aliphatic rings. The summed E-state index contributed by atoms with van der Waals surface area (Å²) in [5.74, 6) is -0.0318. The zero-order chi connectivity index (χ0) is 14.3. The van der Waals surface area contributed by atoms with Gasteiger partial charge in [0.05, 0.1) is 12.6 Å². The van der Waals surface area contributed by atoms with Gasteiger partial charge in [-0.05, 0) is 25.1 Å². The summed E-state index contributed by atoms with van der Waals surface area (Å²) in [6.45, 7) is 3.69. The SMILES string of the molecule is CCNC(=O)CN(C)CC(O)c1ccc(CN)cc1. The van der Waals surface area contributed by atoms with Crippen LogP contribution in [0.3, 0.4) is 0 Å². The number of aliphatic hydroxyl groups is 1. The van der Waals surface area contributed by atoms with Crippen molar-refractivity contribution in [2.45, 2.75) is 19.6 Å². The van der Waals surface area contributed by atoms with Gasteiger partial charge in [-0.2, -0.15) is 0 Å². The third-order valence-corrected chi connectivity index (χ3v) is 2.87. The smallest absolute Gasteiger partial charge is 0.234 e. The average Bonchev–Trinajstić information content (AvgIpc) is 2.38. The Morgan fingerprint density at radius 3 is 2.58 bits per heavy atom. The molecule has 0 saturated heterocycles. The standard InChI is InChI=1S/C14H23N3O2/c1-3-16-14(19)10-17(2)9-13(18)12-6-4-11(8-15)5-7-12/h4-7,13,18H,3,8-10,15H2,1-2H3,(H,16,19). The predicted molar refractivity (Wildman–Crippen MR) is 75.5 cm³/mol. The zero-order valence-electron chi connectivity index (χ0n) is 11.6. The number of carbonyl (C=O) groups is 1. The molecule has 1 atom stereocenters. The highest BCUT2D eigenvalue weighted by atomic mass is 16.3. The van der Waals surface area contributed by atoms with Gasteiger partial charge in [0.25, 0.3) is 0 Å². The molecule has 1 rings (SSSR count). The molecule has 0 aliphatic carbocycles. The zero-order valence-corrected chi connectivity index (χ0v) is 11.6. The summed E-state index contributed by atoms with van der Waals surface area (Å²) >= 11 is 0. The number of nitrogens with one attached hydrogen (secondary N) is 1. The Labute approximate surface area is 114 Å². The summed E-state index contributed by atoms with van der Waals surface area (Å²) in [5.41, 5.74) is 7.39. The summed E-state index contributed by atoms with van der Waals surface area (Å²) in [6.07, 6.45) is -0.605. The fourth-order valence-corrected chi connectivity index (χ4v) is 1.84. The van der Waals surface area contributed by atoms with Crippen molar-refractivity contribution in [1.29, 1.82) is 0 Å². The number of hydrogen-bond donors (Lipinski definition) is 3. The van der Waals surface area contributed by atoms with Gasteiger partial charge in [-0.25, -0.2) is 0 Å². The topological polar surface area (TPSA) is 78.6 Å². The average molecular weight is 265 g/mol. The van der Waals surface area contributed by atoms with E-state index in [-0.39, 0.29) is 12.5 Å². The van der Waals surface area contributed by atoms with Crippen LogP contribution < -0.4 is 11.1 Å². The number of benzene rings is 1. The van der Waals surface area contributed by atoms with Gasteiger partial charge in [0.2, 0.25) is 5.91 Å². The molecule has 0 saturated carbocycles. The van der Waals surface area contributed by atoms with Crippen molar-refractivity contribution in [3.05, 3.63) is 35.4 Å². The van der Waals surface area contributed by atoms with Crippen molar-refractivity contribution >= 4 is 5.91 Å². The number of rotatable bonds is 7. The van der Waals surface area contributed by atoms with Crippen LogP contribution in [0.4, 0.5) is 0 Å². The minimum atomic E-state index is -0.605. The van der Waals surface area contributed by atoms with Crippen LogP contribution in [-0.2, 0) is 11.3 Å². The second-order valence-corrected chi connectivity index (χ2v) is 4.61. The monoisotopic (exact) mass is 265 g/mol. The number of nitrogens with two attached hydrogens (primary N) is 1. The van der Waals surface area contributed by atoms with Gasteiger partial charge < -0.3 is 16.2 Å². The molecule has 0 aliphatic heterocycles. The lowest BCUT2D eigenvalue weighted by Crippen LogP contribution is -2.36. The normalized spacial score (nSPS) is 12.5. The van der Waals surface area contributed by atoms with E-state index >= 15 is 0 Å². The molecule has 1 aromatic carbocycles. The maximum atomic E-state index is 11.4. The fourth-order valence-electron chi connectivity index (χ4n) is 1.84. The van der Waals surface area contributed by atoms with E-state index in [2.05, 4.69) is 5.32 Å². The van der Waals surface area contributed by atoms with Crippen molar-refractivity contribution in [3.8, 4) is 0 Å². The van der Waals surface area contributed by atoms with Gasteiger partial charge in [0, 0.05) is 19.6 Å². The third-order valence-electron chi connectivity index (χ3n) is 2.87. The molecule has 0 radical (unpaired) electrons. The molecule has 1 aromatic rings. The molecular weight excluding hydrogens is 242 g/mol. The largest absolute Gasteiger partial charge is 0.387 e. The molecule has 1 unspecified atom stereocenters. The Kier molecular flexibility index (Phi) is 6.49. The first kappa shape index (κ1) is 15.6. The lowest BCUT2D eigenvalue weighted by Gasteiger charge is -2.20. The molecule has 1 amide bonds. The summed E-state index contributed by atoms with van der Waals surface area (Å²) < 4.78 is 0. The van der Waals surface area contributed by atoms with E-state index in [1.807, 2.05) is 38.2 Å². The van der Waals surface area contributed by atoms with E-state index in [0.717, 1.165) is 11.1 Å². The summed E-state index contributed by atoms with van der Waals surface area (Å²) in [6, 6.07) is 7.55. The molecule has 5 nitrogen and oxygen atoms in total. The lowest BCUT2D eigenvalue weighted by molar-refractivity contribution is -0.122. The minimum Gasteiger partial charge on any atom is -0.387 e. The Bertz CT molecular complexity index is 392. The maximum absolute atomic E-state index is 11.4. The van der Waals surface area contributed by atoms with E-state index in [1.54, 1.807) is 4.90 Å². The number of nitrogens with zero attached hydrogens (tertiary/aromatic N) is 1. The highest BCUT2D eigenvalue weighted by molar-refractivity contribution is 5.77.